The number of esters is 1. The molecule has 3 rings (SSSR count). The first-order valence-electron chi connectivity index (χ1n) is 6.85. The van der Waals surface area contributed by atoms with Gasteiger partial charge in [-0.2, -0.15) is 0 Å². The molecule has 116 valence electrons. The number of nitrogens with zero attached hydrogens (tertiary/aromatic N) is 1. The second kappa shape index (κ2) is 5.56. The van der Waals surface area contributed by atoms with Gasteiger partial charge in [-0.1, -0.05) is 23.2 Å². The molecule has 2 aromatic rings. The molecule has 22 heavy (non-hydrogen) atoms. The molecule has 0 bridgehead atoms. The Kier molecular flexibility index (Phi) is 3.87. The van der Waals surface area contributed by atoms with E-state index < -0.39 is 17.2 Å². The monoisotopic (exact) mass is 343 g/mol. The van der Waals surface area contributed by atoms with Gasteiger partial charge >= 0.3 is 5.97 Å². The van der Waals surface area contributed by atoms with Crippen LogP contribution in [0.5, 0.6) is 0 Å². The maximum atomic E-state index is 14.0. The molecular weight excluding hydrogens is 332 g/mol. The van der Waals surface area contributed by atoms with Gasteiger partial charge in [0.1, 0.15) is 10.6 Å². The standard InChI is InChI=1S/C15H12Cl2FNO3/c1-2-22-15(21)9-6-19(7-3-4-7)13-8(14(9)20)5-10(16)12(18)11(13)17/h5-7H,2-4H2,1H3. The predicted molar refractivity (Wildman–Crippen MR) is 82.4 cm³/mol. The summed E-state index contributed by atoms with van der Waals surface area (Å²) >= 11 is 11.8. The fraction of sp³-hybridized carbons (Fsp3) is 0.333. The summed E-state index contributed by atoms with van der Waals surface area (Å²) in [5.74, 6) is -1.48. The molecule has 1 fully saturated rings. The van der Waals surface area contributed by atoms with Crippen molar-refractivity contribution in [1.82, 2.24) is 4.57 Å². The second-order valence-electron chi connectivity index (χ2n) is 5.11. The average Bonchev–Trinajstić information content (AvgIpc) is 3.30. The van der Waals surface area contributed by atoms with Crippen LogP contribution >= 0.6 is 23.2 Å². The van der Waals surface area contributed by atoms with E-state index in [1.54, 1.807) is 11.5 Å². The molecule has 0 unspecified atom stereocenters. The molecule has 0 N–H and O–H groups in total. The summed E-state index contributed by atoms with van der Waals surface area (Å²) < 4.78 is 20.5. The number of fused-ring (bicyclic) bond motifs is 1. The molecule has 1 aromatic carbocycles. The highest BCUT2D eigenvalue weighted by Gasteiger charge is 2.29. The Hall–Kier alpha value is -1.59. The lowest BCUT2D eigenvalue weighted by Gasteiger charge is -2.14. The van der Waals surface area contributed by atoms with Crippen molar-refractivity contribution in [2.45, 2.75) is 25.8 Å². The lowest BCUT2D eigenvalue weighted by molar-refractivity contribution is 0.0524. The van der Waals surface area contributed by atoms with Gasteiger partial charge in [-0.15, -0.1) is 0 Å². The third-order valence-corrected chi connectivity index (χ3v) is 4.21. The maximum absolute atomic E-state index is 14.0. The van der Waals surface area contributed by atoms with Gasteiger partial charge in [0.15, 0.2) is 5.82 Å². The van der Waals surface area contributed by atoms with Crippen LogP contribution in [0.1, 0.15) is 36.2 Å². The Balaban J connectivity index is 2.38. The number of halogens is 3. The Morgan fingerprint density at radius 2 is 2.14 bits per heavy atom. The Bertz CT molecular complexity index is 843. The zero-order valence-electron chi connectivity index (χ0n) is 11.7. The molecule has 7 heteroatoms. The number of ether oxygens (including phenoxy) is 1. The summed E-state index contributed by atoms with van der Waals surface area (Å²) in [5, 5.41) is -0.339. The third kappa shape index (κ3) is 2.38. The number of pyridine rings is 1. The van der Waals surface area contributed by atoms with E-state index in [-0.39, 0.29) is 39.2 Å². The smallest absolute Gasteiger partial charge is 0.343 e. The van der Waals surface area contributed by atoms with Crippen molar-refractivity contribution in [3.05, 3.63) is 43.9 Å². The Labute approximate surface area is 135 Å². The van der Waals surface area contributed by atoms with E-state index in [9.17, 15) is 14.0 Å². The van der Waals surface area contributed by atoms with Crippen molar-refractivity contribution < 1.29 is 13.9 Å². The quantitative estimate of drug-likeness (QED) is 0.626. The number of rotatable bonds is 3. The third-order valence-electron chi connectivity index (χ3n) is 3.59. The number of hydrogen-bond acceptors (Lipinski definition) is 3. The average molecular weight is 344 g/mol. The molecule has 0 spiro atoms. The number of carbonyl (C=O) groups excluding carboxylic acids is 1. The van der Waals surface area contributed by atoms with Gasteiger partial charge in [-0.05, 0) is 25.8 Å². The van der Waals surface area contributed by atoms with E-state index in [4.69, 9.17) is 27.9 Å². The number of carbonyl (C=O) groups is 1. The van der Waals surface area contributed by atoms with Crippen LogP contribution in [0.15, 0.2) is 17.1 Å². The highest BCUT2D eigenvalue weighted by Crippen LogP contribution is 2.40. The molecular formula is C15H12Cl2FNO3. The van der Waals surface area contributed by atoms with Gasteiger partial charge in [0, 0.05) is 17.6 Å². The van der Waals surface area contributed by atoms with Crippen molar-refractivity contribution in [1.29, 1.82) is 0 Å². The molecule has 1 heterocycles. The fourth-order valence-electron chi connectivity index (χ4n) is 2.41. The predicted octanol–water partition coefficient (Wildman–Crippen LogP) is 3.96. The summed E-state index contributed by atoms with van der Waals surface area (Å²) in [6.07, 6.45) is 3.15. The molecule has 1 aliphatic carbocycles. The van der Waals surface area contributed by atoms with E-state index in [1.807, 2.05) is 0 Å². The molecule has 0 amide bonds. The van der Waals surface area contributed by atoms with Crippen LogP contribution in [0.3, 0.4) is 0 Å². The van der Waals surface area contributed by atoms with Crippen molar-refractivity contribution in [3.63, 3.8) is 0 Å². The highest BCUT2D eigenvalue weighted by atomic mass is 35.5. The van der Waals surface area contributed by atoms with Crippen LogP contribution in [-0.4, -0.2) is 17.1 Å². The normalized spacial score (nSPS) is 14.4. The molecule has 1 saturated carbocycles. The first-order valence-corrected chi connectivity index (χ1v) is 7.60. The summed E-state index contributed by atoms with van der Waals surface area (Å²) in [6, 6.07) is 1.30. The largest absolute Gasteiger partial charge is 0.462 e. The van der Waals surface area contributed by atoms with Gasteiger partial charge in [0.05, 0.1) is 17.1 Å². The SMILES string of the molecule is CCOC(=O)c1cn(C2CC2)c2c(Cl)c(F)c(Cl)cc2c1=O. The van der Waals surface area contributed by atoms with Gasteiger partial charge in [-0.25, -0.2) is 9.18 Å². The first-order chi connectivity index (χ1) is 10.5. The van der Waals surface area contributed by atoms with Crippen LogP contribution in [0, 0.1) is 5.82 Å². The molecule has 0 aliphatic heterocycles. The summed E-state index contributed by atoms with van der Waals surface area (Å²) in [5.41, 5.74) is -0.391. The molecule has 0 radical (unpaired) electrons. The summed E-state index contributed by atoms with van der Waals surface area (Å²) in [4.78, 5) is 24.5. The van der Waals surface area contributed by atoms with Gasteiger partial charge in [0.2, 0.25) is 5.43 Å². The van der Waals surface area contributed by atoms with Crippen LogP contribution in [0.25, 0.3) is 10.9 Å². The van der Waals surface area contributed by atoms with Crippen LogP contribution < -0.4 is 5.43 Å². The molecule has 0 atom stereocenters. The van der Waals surface area contributed by atoms with Crippen LogP contribution in [0.4, 0.5) is 4.39 Å². The molecule has 1 aromatic heterocycles. The Morgan fingerprint density at radius 1 is 1.45 bits per heavy atom. The number of benzene rings is 1. The van der Waals surface area contributed by atoms with Crippen LogP contribution in [-0.2, 0) is 4.74 Å². The van der Waals surface area contributed by atoms with E-state index in [0.717, 1.165) is 12.8 Å². The number of hydrogen-bond donors (Lipinski definition) is 0. The Morgan fingerprint density at radius 3 is 2.73 bits per heavy atom. The minimum atomic E-state index is -0.770. The molecule has 4 nitrogen and oxygen atoms in total. The first kappa shape index (κ1) is 15.3. The lowest BCUT2D eigenvalue weighted by Crippen LogP contribution is -2.21. The van der Waals surface area contributed by atoms with Gasteiger partial charge in [0.25, 0.3) is 0 Å². The van der Waals surface area contributed by atoms with E-state index >= 15 is 0 Å². The second-order valence-corrected chi connectivity index (χ2v) is 5.90. The summed E-state index contributed by atoms with van der Waals surface area (Å²) in [7, 11) is 0. The maximum Gasteiger partial charge on any atom is 0.343 e. The summed E-state index contributed by atoms with van der Waals surface area (Å²) in [6.45, 7) is 1.81. The van der Waals surface area contributed by atoms with Crippen molar-refractivity contribution in [3.8, 4) is 0 Å². The molecule has 1 aliphatic rings. The van der Waals surface area contributed by atoms with Crippen molar-refractivity contribution >= 4 is 40.1 Å². The highest BCUT2D eigenvalue weighted by molar-refractivity contribution is 6.38. The van der Waals surface area contributed by atoms with Gasteiger partial charge in [-0.3, -0.25) is 4.79 Å². The lowest BCUT2D eigenvalue weighted by atomic mass is 10.1. The van der Waals surface area contributed by atoms with E-state index in [0.29, 0.717) is 0 Å². The minimum absolute atomic E-state index is 0.0920. The zero-order valence-corrected chi connectivity index (χ0v) is 13.2. The molecule has 0 saturated heterocycles. The van der Waals surface area contributed by atoms with Crippen molar-refractivity contribution in [2.24, 2.45) is 0 Å². The van der Waals surface area contributed by atoms with E-state index in [2.05, 4.69) is 0 Å². The minimum Gasteiger partial charge on any atom is -0.462 e. The van der Waals surface area contributed by atoms with Crippen molar-refractivity contribution in [2.75, 3.05) is 6.61 Å². The topological polar surface area (TPSA) is 48.3 Å². The van der Waals surface area contributed by atoms with E-state index in [1.165, 1.54) is 12.3 Å². The number of aromatic nitrogens is 1. The van der Waals surface area contributed by atoms with Crippen LogP contribution in [0.2, 0.25) is 10.0 Å². The fourth-order valence-corrected chi connectivity index (χ4v) is 2.97. The van der Waals surface area contributed by atoms with Gasteiger partial charge < -0.3 is 9.30 Å². The zero-order chi connectivity index (χ0) is 16.0.